The zero-order valence-electron chi connectivity index (χ0n) is 13.6. The molecule has 0 spiro atoms. The molecule has 0 aliphatic carbocycles. The number of nitriles is 1. The Hall–Kier alpha value is -1.81. The summed E-state index contributed by atoms with van der Waals surface area (Å²) in [6.45, 7) is 7.62. The van der Waals surface area contributed by atoms with Crippen LogP contribution in [0.3, 0.4) is 0 Å². The first-order chi connectivity index (χ1) is 10.6. The lowest BCUT2D eigenvalue weighted by molar-refractivity contribution is 0.0510. The smallest absolute Gasteiger partial charge is 0.356 e. The highest BCUT2D eigenvalue weighted by atomic mass is 16.5. The van der Waals surface area contributed by atoms with Gasteiger partial charge in [-0.1, -0.05) is 20.2 Å². The maximum absolute atomic E-state index is 12.3. The summed E-state index contributed by atoms with van der Waals surface area (Å²) in [6.07, 6.45) is 2.16. The molecule has 118 valence electrons. The van der Waals surface area contributed by atoms with E-state index in [4.69, 9.17) is 10.00 Å². The number of nitrogens with zero attached hydrogens (tertiary/aromatic N) is 3. The number of hydrogen-bond acceptors (Lipinski definition) is 5. The van der Waals surface area contributed by atoms with Crippen molar-refractivity contribution in [3.63, 3.8) is 0 Å². The van der Waals surface area contributed by atoms with Crippen molar-refractivity contribution in [1.29, 1.82) is 5.26 Å². The minimum atomic E-state index is -0.334. The number of nitrogens with one attached hydrogen (secondary N) is 1. The molecule has 6 nitrogen and oxygen atoms in total. The van der Waals surface area contributed by atoms with E-state index in [0.717, 1.165) is 30.5 Å². The molecule has 0 amide bonds. The number of aryl methyl sites for hydroxylation is 1. The van der Waals surface area contributed by atoms with Crippen LogP contribution in [0.5, 0.6) is 0 Å². The first-order valence-corrected chi connectivity index (χ1v) is 7.95. The fraction of sp³-hybridized carbons (Fsp3) is 0.667. The fourth-order valence-electron chi connectivity index (χ4n) is 2.78. The molecular formula is C15H23BN4O2. The Labute approximate surface area is 131 Å². The van der Waals surface area contributed by atoms with E-state index in [2.05, 4.69) is 30.2 Å². The van der Waals surface area contributed by atoms with E-state index in [1.165, 1.54) is 0 Å². The Morgan fingerprint density at radius 2 is 2.36 bits per heavy atom. The van der Waals surface area contributed by atoms with Crippen molar-refractivity contribution in [2.45, 2.75) is 52.4 Å². The second-order valence-electron chi connectivity index (χ2n) is 5.90. The minimum Gasteiger partial charge on any atom is -0.461 e. The number of ether oxygens (including phenoxy) is 1. The van der Waals surface area contributed by atoms with Crippen molar-refractivity contribution >= 4 is 12.7 Å². The van der Waals surface area contributed by atoms with E-state index in [1.54, 1.807) is 11.6 Å². The molecule has 2 rings (SSSR count). The van der Waals surface area contributed by atoms with Gasteiger partial charge in [-0.05, 0) is 19.7 Å². The molecule has 2 heterocycles. The van der Waals surface area contributed by atoms with Crippen LogP contribution >= 0.6 is 0 Å². The van der Waals surface area contributed by atoms with Gasteiger partial charge in [0.2, 0.25) is 0 Å². The quantitative estimate of drug-likeness (QED) is 0.632. The van der Waals surface area contributed by atoms with Crippen molar-refractivity contribution < 1.29 is 9.53 Å². The average Bonchev–Trinajstić information content (AvgIpc) is 2.84. The largest absolute Gasteiger partial charge is 0.461 e. The monoisotopic (exact) mass is 302 g/mol. The normalized spacial score (nSPS) is 13.9. The number of rotatable bonds is 6. The van der Waals surface area contributed by atoms with Crippen LogP contribution in [0, 0.1) is 11.2 Å². The summed E-state index contributed by atoms with van der Waals surface area (Å²) in [5, 5.41) is 17.1. The highest BCUT2D eigenvalue weighted by molar-refractivity contribution is 6.66. The van der Waals surface area contributed by atoms with Gasteiger partial charge in [0.05, 0.1) is 18.8 Å². The molecule has 1 aromatic heterocycles. The highest BCUT2D eigenvalue weighted by Gasteiger charge is 2.31. The molecule has 1 aliphatic heterocycles. The molecule has 0 aromatic carbocycles. The first-order valence-electron chi connectivity index (χ1n) is 7.95. The minimum absolute atomic E-state index is 0.0351. The molecule has 0 radical (unpaired) electrons. The first kappa shape index (κ1) is 16.6. The van der Waals surface area contributed by atoms with Crippen molar-refractivity contribution in [3.05, 3.63) is 17.0 Å². The number of hydrogen-bond donors (Lipinski definition) is 1. The Bertz CT molecular complexity index is 577. The number of fused-ring (bicyclic) bond motifs is 1. The van der Waals surface area contributed by atoms with E-state index < -0.39 is 0 Å². The molecular weight excluding hydrogens is 279 g/mol. The predicted octanol–water partition coefficient (Wildman–Crippen LogP) is 1.25. The van der Waals surface area contributed by atoms with Crippen molar-refractivity contribution in [2.75, 3.05) is 13.2 Å². The zero-order chi connectivity index (χ0) is 16.1. The Balaban J connectivity index is 2.26. The molecule has 0 saturated carbocycles. The maximum Gasteiger partial charge on any atom is 0.356 e. The van der Waals surface area contributed by atoms with E-state index >= 15 is 0 Å². The van der Waals surface area contributed by atoms with Crippen LogP contribution in [-0.4, -0.2) is 41.7 Å². The standard InChI is InChI=1S/C15H23BN4O2/c1-4-22-15(21)14-12-9-16(10-17)6-5-13(12)19-20(14)8-7-18-11(2)3/h11,18H,4-9H2,1-3H3. The van der Waals surface area contributed by atoms with Gasteiger partial charge in [0, 0.05) is 24.1 Å². The third kappa shape index (κ3) is 3.69. The lowest BCUT2D eigenvalue weighted by atomic mass is 9.42. The van der Waals surface area contributed by atoms with E-state index in [-0.39, 0.29) is 12.7 Å². The maximum atomic E-state index is 12.3. The molecule has 7 heteroatoms. The molecule has 0 atom stereocenters. The number of aromatic nitrogens is 2. The van der Waals surface area contributed by atoms with Gasteiger partial charge in [-0.2, -0.15) is 5.10 Å². The van der Waals surface area contributed by atoms with Crippen LogP contribution in [0.1, 0.15) is 42.5 Å². The van der Waals surface area contributed by atoms with Gasteiger partial charge >= 0.3 is 5.97 Å². The summed E-state index contributed by atoms with van der Waals surface area (Å²) in [5.41, 5.74) is 2.38. The zero-order valence-corrected chi connectivity index (χ0v) is 13.6. The van der Waals surface area contributed by atoms with Gasteiger partial charge in [0.1, 0.15) is 5.69 Å². The third-order valence-electron chi connectivity index (χ3n) is 3.84. The SMILES string of the molecule is CCOC(=O)c1c2c(nn1CCNC(C)C)CCB(C#N)C2. The summed E-state index contributed by atoms with van der Waals surface area (Å²) in [4.78, 5) is 12.3. The van der Waals surface area contributed by atoms with Crippen molar-refractivity contribution in [1.82, 2.24) is 15.1 Å². The molecule has 1 N–H and O–H groups in total. The second kappa shape index (κ2) is 7.46. The highest BCUT2D eigenvalue weighted by Crippen LogP contribution is 2.25. The van der Waals surface area contributed by atoms with Crippen LogP contribution in [-0.2, 0) is 24.0 Å². The lowest BCUT2D eigenvalue weighted by Gasteiger charge is -2.13. The summed E-state index contributed by atoms with van der Waals surface area (Å²) < 4.78 is 6.93. The van der Waals surface area contributed by atoms with Crippen molar-refractivity contribution in [3.8, 4) is 5.97 Å². The molecule has 0 bridgehead atoms. The lowest BCUT2D eigenvalue weighted by Crippen LogP contribution is -2.28. The Morgan fingerprint density at radius 1 is 1.59 bits per heavy atom. The summed E-state index contributed by atoms with van der Waals surface area (Å²) in [5.74, 6) is 1.97. The molecule has 22 heavy (non-hydrogen) atoms. The van der Waals surface area contributed by atoms with Gasteiger partial charge in [0.25, 0.3) is 6.71 Å². The van der Waals surface area contributed by atoms with Gasteiger partial charge in [-0.15, -0.1) is 0 Å². The molecule has 0 unspecified atom stereocenters. The number of carbonyl (C=O) groups excluding carboxylic acids is 1. The number of carbonyl (C=O) groups is 1. The van der Waals surface area contributed by atoms with Crippen LogP contribution < -0.4 is 5.32 Å². The molecule has 0 saturated heterocycles. The van der Waals surface area contributed by atoms with Gasteiger partial charge in [-0.25, -0.2) is 10.1 Å². The third-order valence-corrected chi connectivity index (χ3v) is 3.84. The van der Waals surface area contributed by atoms with E-state index in [0.29, 0.717) is 31.2 Å². The Morgan fingerprint density at radius 3 is 3.00 bits per heavy atom. The fourth-order valence-corrected chi connectivity index (χ4v) is 2.78. The van der Waals surface area contributed by atoms with Gasteiger partial charge in [-0.3, -0.25) is 4.68 Å². The predicted molar refractivity (Wildman–Crippen MR) is 84.9 cm³/mol. The van der Waals surface area contributed by atoms with Crippen LogP contribution in [0.15, 0.2) is 0 Å². The number of esters is 1. The van der Waals surface area contributed by atoms with Gasteiger partial charge in [0.15, 0.2) is 0 Å². The van der Waals surface area contributed by atoms with E-state index in [9.17, 15) is 4.79 Å². The summed E-state index contributed by atoms with van der Waals surface area (Å²) in [6, 6.07) is 0.388. The molecule has 1 aromatic rings. The molecule has 1 aliphatic rings. The summed E-state index contributed by atoms with van der Waals surface area (Å²) >= 11 is 0. The van der Waals surface area contributed by atoms with Crippen molar-refractivity contribution in [2.24, 2.45) is 0 Å². The molecule has 0 fully saturated rings. The van der Waals surface area contributed by atoms with Crippen LogP contribution in [0.25, 0.3) is 0 Å². The topological polar surface area (TPSA) is 79.9 Å². The van der Waals surface area contributed by atoms with Crippen LogP contribution in [0.2, 0.25) is 6.32 Å². The average molecular weight is 302 g/mol. The van der Waals surface area contributed by atoms with E-state index in [1.807, 2.05) is 0 Å². The Kier molecular flexibility index (Phi) is 5.61. The second-order valence-corrected chi connectivity index (χ2v) is 5.90. The van der Waals surface area contributed by atoms with Gasteiger partial charge < -0.3 is 10.1 Å². The summed E-state index contributed by atoms with van der Waals surface area (Å²) in [7, 11) is 0. The van der Waals surface area contributed by atoms with Crippen LogP contribution in [0.4, 0.5) is 0 Å².